The van der Waals surface area contributed by atoms with Crippen LogP contribution in [-0.2, 0) is 0 Å². The fraction of sp³-hybridized carbons (Fsp3) is 0.556. The molecule has 0 spiro atoms. The first-order valence-corrected chi connectivity index (χ1v) is 3.66. The molecule has 0 rings (SSSR count). The zero-order valence-corrected chi connectivity index (χ0v) is 6.59. The second-order valence-corrected chi connectivity index (χ2v) is 2.39. The largest absolute Gasteiger partial charge is 0.396 e. The van der Waals surface area contributed by atoms with Gasteiger partial charge in [0, 0.05) is 12.5 Å². The van der Waals surface area contributed by atoms with E-state index in [9.17, 15) is 0 Å². The van der Waals surface area contributed by atoms with Gasteiger partial charge in [0.1, 0.15) is 0 Å². The molecule has 1 heteroatoms. The highest BCUT2D eigenvalue weighted by Crippen LogP contribution is 2.16. The summed E-state index contributed by atoms with van der Waals surface area (Å²) >= 11 is 0. The number of allylic oxidation sites excluding steroid dienone is 1. The summed E-state index contributed by atoms with van der Waals surface area (Å²) in [5.41, 5.74) is 0. The molecule has 0 fully saturated rings. The van der Waals surface area contributed by atoms with Crippen molar-refractivity contribution >= 4 is 0 Å². The second kappa shape index (κ2) is 5.24. The molecule has 0 amide bonds. The Morgan fingerprint density at radius 1 is 1.30 bits per heavy atom. The van der Waals surface area contributed by atoms with E-state index in [0.717, 1.165) is 6.42 Å². The van der Waals surface area contributed by atoms with Gasteiger partial charge in [-0.15, -0.1) is 13.2 Å². The van der Waals surface area contributed by atoms with E-state index in [1.54, 1.807) is 6.08 Å². The van der Waals surface area contributed by atoms with Crippen molar-refractivity contribution in [3.63, 3.8) is 0 Å². The topological polar surface area (TPSA) is 20.2 Å². The van der Waals surface area contributed by atoms with Crippen LogP contribution >= 0.6 is 0 Å². The second-order valence-electron chi connectivity index (χ2n) is 2.39. The Morgan fingerprint density at radius 3 is 1.90 bits per heavy atom. The highest BCUT2D eigenvalue weighted by atomic mass is 16.3. The van der Waals surface area contributed by atoms with Crippen molar-refractivity contribution < 1.29 is 5.11 Å². The lowest BCUT2D eigenvalue weighted by Crippen LogP contribution is -2.12. The number of aliphatic hydroxyl groups excluding tert-OH is 1. The Kier molecular flexibility index (Phi) is 4.95. The maximum Gasteiger partial charge on any atom is 0.0499 e. The minimum atomic E-state index is 0.175. The third-order valence-electron chi connectivity index (χ3n) is 1.84. The van der Waals surface area contributed by atoms with Gasteiger partial charge in [0.15, 0.2) is 0 Å². The predicted octanol–water partition coefficient (Wildman–Crippen LogP) is 1.99. The quantitative estimate of drug-likeness (QED) is 0.579. The lowest BCUT2D eigenvalue weighted by atomic mass is 9.91. The molecule has 0 aliphatic carbocycles. The smallest absolute Gasteiger partial charge is 0.0499 e. The van der Waals surface area contributed by atoms with E-state index >= 15 is 0 Å². The first-order valence-electron chi connectivity index (χ1n) is 3.66. The van der Waals surface area contributed by atoms with Gasteiger partial charge < -0.3 is 5.11 Å². The summed E-state index contributed by atoms with van der Waals surface area (Å²) < 4.78 is 0. The first-order chi connectivity index (χ1) is 4.79. The number of hydrogen-bond donors (Lipinski definition) is 1. The van der Waals surface area contributed by atoms with Gasteiger partial charge in [0.05, 0.1) is 0 Å². The molecule has 0 saturated heterocycles. The van der Waals surface area contributed by atoms with Crippen LogP contribution in [0.25, 0.3) is 0 Å². The molecular formula is C9H16O. The average Bonchev–Trinajstić information content (AvgIpc) is 2.00. The molecule has 0 aromatic rings. The molecule has 58 valence electrons. The lowest BCUT2D eigenvalue weighted by Gasteiger charge is -2.16. The van der Waals surface area contributed by atoms with Crippen LogP contribution in [0, 0.1) is 11.8 Å². The molecule has 2 atom stereocenters. The normalized spacial score (nSPS) is 15.8. The standard InChI is InChI=1S/C9H16O/c1-4-8(5-2)9(6-3)7-10/h4,6,8-10H,1,3,5,7H2,2H3. The summed E-state index contributed by atoms with van der Waals surface area (Å²) in [7, 11) is 0. The van der Waals surface area contributed by atoms with Gasteiger partial charge in [-0.25, -0.2) is 0 Å². The van der Waals surface area contributed by atoms with Crippen LogP contribution in [0.1, 0.15) is 13.3 Å². The number of rotatable bonds is 5. The van der Waals surface area contributed by atoms with Gasteiger partial charge in [-0.05, 0) is 12.3 Å². The third-order valence-corrected chi connectivity index (χ3v) is 1.84. The Bertz CT molecular complexity index is 93.3. The Hall–Kier alpha value is -0.560. The fourth-order valence-electron chi connectivity index (χ4n) is 1.03. The fourth-order valence-corrected chi connectivity index (χ4v) is 1.03. The van der Waals surface area contributed by atoms with Gasteiger partial charge in [-0.1, -0.05) is 19.1 Å². The molecule has 0 aromatic heterocycles. The van der Waals surface area contributed by atoms with Crippen molar-refractivity contribution in [3.05, 3.63) is 25.3 Å². The van der Waals surface area contributed by atoms with Gasteiger partial charge in [0.2, 0.25) is 0 Å². The van der Waals surface area contributed by atoms with Gasteiger partial charge in [-0.3, -0.25) is 0 Å². The maximum atomic E-state index is 8.84. The molecule has 0 bridgehead atoms. The van der Waals surface area contributed by atoms with E-state index < -0.39 is 0 Å². The molecule has 1 nitrogen and oxygen atoms in total. The van der Waals surface area contributed by atoms with Crippen LogP contribution in [0.5, 0.6) is 0 Å². The van der Waals surface area contributed by atoms with E-state index in [1.165, 1.54) is 0 Å². The predicted molar refractivity (Wildman–Crippen MR) is 44.8 cm³/mol. The van der Waals surface area contributed by atoms with E-state index in [1.807, 2.05) is 6.08 Å². The van der Waals surface area contributed by atoms with Crippen LogP contribution < -0.4 is 0 Å². The van der Waals surface area contributed by atoms with Crippen molar-refractivity contribution in [2.45, 2.75) is 13.3 Å². The molecule has 2 unspecified atom stereocenters. The molecule has 0 saturated carbocycles. The average molecular weight is 140 g/mol. The van der Waals surface area contributed by atoms with Crippen molar-refractivity contribution in [3.8, 4) is 0 Å². The minimum Gasteiger partial charge on any atom is -0.396 e. The molecule has 1 N–H and O–H groups in total. The van der Waals surface area contributed by atoms with E-state index in [-0.39, 0.29) is 12.5 Å². The van der Waals surface area contributed by atoms with E-state index in [0.29, 0.717) is 5.92 Å². The lowest BCUT2D eigenvalue weighted by molar-refractivity contribution is 0.223. The summed E-state index contributed by atoms with van der Waals surface area (Å²) in [5, 5.41) is 8.84. The highest BCUT2D eigenvalue weighted by molar-refractivity contribution is 4.91. The Labute approximate surface area is 63.1 Å². The molecule has 0 aliphatic heterocycles. The van der Waals surface area contributed by atoms with Crippen molar-refractivity contribution in [2.75, 3.05) is 6.61 Å². The molecule has 0 radical (unpaired) electrons. The SMILES string of the molecule is C=CC(CC)C(C=C)CO. The van der Waals surface area contributed by atoms with Gasteiger partial charge in [-0.2, -0.15) is 0 Å². The molecule has 0 aliphatic rings. The minimum absolute atomic E-state index is 0.175. The summed E-state index contributed by atoms with van der Waals surface area (Å²) in [6.07, 6.45) is 4.68. The number of aliphatic hydroxyl groups is 1. The van der Waals surface area contributed by atoms with Crippen LogP contribution in [0.2, 0.25) is 0 Å². The van der Waals surface area contributed by atoms with E-state index in [2.05, 4.69) is 20.1 Å². The van der Waals surface area contributed by atoms with Crippen molar-refractivity contribution in [1.82, 2.24) is 0 Å². The monoisotopic (exact) mass is 140 g/mol. The summed E-state index contributed by atoms with van der Waals surface area (Å²) in [5.74, 6) is 0.560. The first kappa shape index (κ1) is 9.44. The Balaban J connectivity index is 3.93. The summed E-state index contributed by atoms with van der Waals surface area (Å²) in [6, 6.07) is 0. The molecule has 0 aromatic carbocycles. The summed E-state index contributed by atoms with van der Waals surface area (Å²) in [6.45, 7) is 9.59. The zero-order valence-electron chi connectivity index (χ0n) is 6.59. The van der Waals surface area contributed by atoms with Crippen molar-refractivity contribution in [2.24, 2.45) is 11.8 Å². The summed E-state index contributed by atoms with van der Waals surface area (Å²) in [4.78, 5) is 0. The van der Waals surface area contributed by atoms with Crippen LogP contribution in [0.3, 0.4) is 0 Å². The van der Waals surface area contributed by atoms with Gasteiger partial charge in [0.25, 0.3) is 0 Å². The highest BCUT2D eigenvalue weighted by Gasteiger charge is 2.11. The maximum absolute atomic E-state index is 8.84. The van der Waals surface area contributed by atoms with E-state index in [4.69, 9.17) is 5.11 Å². The Morgan fingerprint density at radius 2 is 1.80 bits per heavy atom. The van der Waals surface area contributed by atoms with Crippen LogP contribution in [-0.4, -0.2) is 11.7 Å². The van der Waals surface area contributed by atoms with Crippen LogP contribution in [0.15, 0.2) is 25.3 Å². The van der Waals surface area contributed by atoms with Crippen LogP contribution in [0.4, 0.5) is 0 Å². The molecule has 10 heavy (non-hydrogen) atoms. The molecular weight excluding hydrogens is 124 g/mol. The van der Waals surface area contributed by atoms with Gasteiger partial charge >= 0.3 is 0 Å². The van der Waals surface area contributed by atoms with Crippen molar-refractivity contribution in [1.29, 1.82) is 0 Å². The zero-order chi connectivity index (χ0) is 7.98. The molecule has 0 heterocycles. The number of hydrogen-bond acceptors (Lipinski definition) is 1. The third kappa shape index (κ3) is 2.36.